The summed E-state index contributed by atoms with van der Waals surface area (Å²) in [6.07, 6.45) is 4.71. The summed E-state index contributed by atoms with van der Waals surface area (Å²) < 4.78 is 7.12. The molecular weight excluding hydrogens is 230 g/mol. The summed E-state index contributed by atoms with van der Waals surface area (Å²) in [7, 11) is 1.67. The first-order chi connectivity index (χ1) is 7.56. The van der Waals surface area contributed by atoms with Gasteiger partial charge in [-0.15, -0.1) is 0 Å². The Kier molecular flexibility index (Phi) is 2.95. The maximum Gasteiger partial charge on any atom is 0.352 e. The third kappa shape index (κ3) is 1.95. The summed E-state index contributed by atoms with van der Waals surface area (Å²) in [5.74, 6) is -0.961. The number of carboxylic acid groups (broad SMARTS) is 1. The minimum atomic E-state index is -0.961. The summed E-state index contributed by atoms with van der Waals surface area (Å²) in [6.45, 7) is 0.553. The van der Waals surface area contributed by atoms with E-state index in [1.807, 2.05) is 0 Å². The molecule has 0 amide bonds. The van der Waals surface area contributed by atoms with Gasteiger partial charge in [0.2, 0.25) is 0 Å². The predicted molar refractivity (Wildman–Crippen MR) is 60.0 cm³/mol. The standard InChI is InChI=1S/C11H14ClNO3/c1-16-11(3-2-4-11)7-13-6-8(12)5-9(13)10(14)15/h5-6H,2-4,7H2,1H3,(H,14,15). The zero-order chi connectivity index (χ0) is 11.8. The van der Waals surface area contributed by atoms with E-state index in [1.54, 1.807) is 17.9 Å². The smallest absolute Gasteiger partial charge is 0.352 e. The highest BCUT2D eigenvalue weighted by Gasteiger charge is 2.38. The quantitative estimate of drug-likeness (QED) is 0.884. The molecule has 1 saturated carbocycles. The van der Waals surface area contributed by atoms with Crippen molar-refractivity contribution in [3.05, 3.63) is 23.0 Å². The SMILES string of the molecule is COC1(Cn2cc(Cl)cc2C(=O)O)CCC1. The Morgan fingerprint density at radius 3 is 2.81 bits per heavy atom. The minimum Gasteiger partial charge on any atom is -0.477 e. The van der Waals surface area contributed by atoms with Crippen LogP contribution in [-0.2, 0) is 11.3 Å². The fourth-order valence-electron chi connectivity index (χ4n) is 2.09. The van der Waals surface area contributed by atoms with Gasteiger partial charge >= 0.3 is 5.97 Å². The fraction of sp³-hybridized carbons (Fsp3) is 0.545. The number of aromatic carboxylic acids is 1. The predicted octanol–water partition coefficient (Wildman–Crippen LogP) is 2.41. The molecular formula is C11H14ClNO3. The van der Waals surface area contributed by atoms with Crippen LogP contribution in [0.5, 0.6) is 0 Å². The molecule has 1 aromatic heterocycles. The molecule has 88 valence electrons. The highest BCUT2D eigenvalue weighted by atomic mass is 35.5. The number of carbonyl (C=O) groups is 1. The number of ether oxygens (including phenoxy) is 1. The molecule has 1 fully saturated rings. The molecule has 2 rings (SSSR count). The van der Waals surface area contributed by atoms with Crippen molar-refractivity contribution < 1.29 is 14.6 Å². The topological polar surface area (TPSA) is 51.5 Å². The summed E-state index contributed by atoms with van der Waals surface area (Å²) in [5, 5.41) is 9.47. The zero-order valence-corrected chi connectivity index (χ0v) is 9.83. The van der Waals surface area contributed by atoms with Gasteiger partial charge < -0.3 is 14.4 Å². The van der Waals surface area contributed by atoms with E-state index in [9.17, 15) is 4.79 Å². The first kappa shape index (κ1) is 11.5. The fourth-order valence-corrected chi connectivity index (χ4v) is 2.31. The van der Waals surface area contributed by atoms with Gasteiger partial charge in [-0.25, -0.2) is 4.79 Å². The third-order valence-corrected chi connectivity index (χ3v) is 3.45. The molecule has 0 bridgehead atoms. The third-order valence-electron chi connectivity index (χ3n) is 3.24. The second kappa shape index (κ2) is 4.11. The lowest BCUT2D eigenvalue weighted by Gasteiger charge is -2.40. The van der Waals surface area contributed by atoms with Crippen molar-refractivity contribution in [3.63, 3.8) is 0 Å². The minimum absolute atomic E-state index is 0.202. The number of methoxy groups -OCH3 is 1. The monoisotopic (exact) mass is 243 g/mol. The number of hydrogen-bond donors (Lipinski definition) is 1. The molecule has 5 heteroatoms. The Bertz CT molecular complexity index is 404. The lowest BCUT2D eigenvalue weighted by Crippen LogP contribution is -2.43. The van der Waals surface area contributed by atoms with Crippen LogP contribution in [0.25, 0.3) is 0 Å². The van der Waals surface area contributed by atoms with Crippen molar-refractivity contribution >= 4 is 17.6 Å². The number of nitrogens with zero attached hydrogens (tertiary/aromatic N) is 1. The second-order valence-electron chi connectivity index (χ2n) is 4.22. The molecule has 0 saturated heterocycles. The van der Waals surface area contributed by atoms with Crippen molar-refractivity contribution in [1.29, 1.82) is 0 Å². The number of rotatable bonds is 4. The van der Waals surface area contributed by atoms with E-state index in [0.717, 1.165) is 19.3 Å². The van der Waals surface area contributed by atoms with E-state index in [2.05, 4.69) is 0 Å². The molecule has 4 nitrogen and oxygen atoms in total. The molecule has 0 unspecified atom stereocenters. The van der Waals surface area contributed by atoms with E-state index in [-0.39, 0.29) is 11.3 Å². The van der Waals surface area contributed by atoms with Gasteiger partial charge in [-0.3, -0.25) is 0 Å². The van der Waals surface area contributed by atoms with E-state index in [1.165, 1.54) is 6.07 Å². The van der Waals surface area contributed by atoms with Gasteiger partial charge in [0.05, 0.1) is 17.2 Å². The van der Waals surface area contributed by atoms with Crippen molar-refractivity contribution in [1.82, 2.24) is 4.57 Å². The molecule has 0 aliphatic heterocycles. The van der Waals surface area contributed by atoms with Crippen molar-refractivity contribution in [2.75, 3.05) is 7.11 Å². The van der Waals surface area contributed by atoms with Crippen LogP contribution in [-0.4, -0.2) is 28.4 Å². The van der Waals surface area contributed by atoms with Crippen molar-refractivity contribution in [2.24, 2.45) is 0 Å². The van der Waals surface area contributed by atoms with Crippen LogP contribution in [0.3, 0.4) is 0 Å². The maximum absolute atomic E-state index is 11.0. The van der Waals surface area contributed by atoms with E-state index < -0.39 is 5.97 Å². The summed E-state index contributed by atoms with van der Waals surface area (Å²) >= 11 is 5.82. The highest BCUT2D eigenvalue weighted by Crippen LogP contribution is 2.37. The average Bonchev–Trinajstić information content (AvgIpc) is 2.53. The largest absolute Gasteiger partial charge is 0.477 e. The van der Waals surface area contributed by atoms with Crippen LogP contribution in [0.4, 0.5) is 0 Å². The number of halogens is 1. The Labute approximate surface area is 98.8 Å². The number of carboxylic acids is 1. The van der Waals surface area contributed by atoms with E-state index >= 15 is 0 Å². The van der Waals surface area contributed by atoms with Gasteiger partial charge in [0.15, 0.2) is 0 Å². The van der Waals surface area contributed by atoms with Crippen molar-refractivity contribution in [2.45, 2.75) is 31.4 Å². The first-order valence-corrected chi connectivity index (χ1v) is 5.58. The van der Waals surface area contributed by atoms with Gasteiger partial charge in [0, 0.05) is 13.3 Å². The lowest BCUT2D eigenvalue weighted by atomic mass is 9.80. The first-order valence-electron chi connectivity index (χ1n) is 5.20. The molecule has 16 heavy (non-hydrogen) atoms. The molecule has 1 N–H and O–H groups in total. The normalized spacial score (nSPS) is 18.1. The Hall–Kier alpha value is -1.00. The van der Waals surface area contributed by atoms with E-state index in [0.29, 0.717) is 11.6 Å². The van der Waals surface area contributed by atoms with Crippen LogP contribution in [0.1, 0.15) is 29.8 Å². The highest BCUT2D eigenvalue weighted by molar-refractivity contribution is 6.30. The van der Waals surface area contributed by atoms with Crippen LogP contribution in [0.15, 0.2) is 12.3 Å². The van der Waals surface area contributed by atoms with Gasteiger partial charge in [-0.05, 0) is 25.3 Å². The number of aromatic nitrogens is 1. The van der Waals surface area contributed by atoms with Crippen LogP contribution in [0.2, 0.25) is 5.02 Å². The van der Waals surface area contributed by atoms with Crippen LogP contribution in [0, 0.1) is 0 Å². The molecule has 1 aliphatic carbocycles. The van der Waals surface area contributed by atoms with Crippen LogP contribution < -0.4 is 0 Å². The summed E-state index contributed by atoms with van der Waals surface area (Å²) in [5.41, 5.74) is 0.0142. The molecule has 1 aromatic rings. The molecule has 0 spiro atoms. The Morgan fingerprint density at radius 1 is 1.69 bits per heavy atom. The lowest BCUT2D eigenvalue weighted by molar-refractivity contribution is -0.0837. The molecule has 1 heterocycles. The molecule has 0 aromatic carbocycles. The van der Waals surface area contributed by atoms with Crippen LogP contribution >= 0.6 is 11.6 Å². The van der Waals surface area contributed by atoms with Gasteiger partial charge in [0.1, 0.15) is 5.69 Å². The number of hydrogen-bond acceptors (Lipinski definition) is 2. The van der Waals surface area contributed by atoms with Crippen molar-refractivity contribution in [3.8, 4) is 0 Å². The van der Waals surface area contributed by atoms with E-state index in [4.69, 9.17) is 21.4 Å². The Balaban J connectivity index is 2.23. The second-order valence-corrected chi connectivity index (χ2v) is 4.65. The zero-order valence-electron chi connectivity index (χ0n) is 9.07. The van der Waals surface area contributed by atoms with Gasteiger partial charge in [-0.1, -0.05) is 11.6 Å². The molecule has 0 atom stereocenters. The van der Waals surface area contributed by atoms with Gasteiger partial charge in [0.25, 0.3) is 0 Å². The molecule has 0 radical (unpaired) electrons. The maximum atomic E-state index is 11.0. The van der Waals surface area contributed by atoms with Gasteiger partial charge in [-0.2, -0.15) is 0 Å². The summed E-state index contributed by atoms with van der Waals surface area (Å²) in [4.78, 5) is 11.0. The average molecular weight is 244 g/mol. The summed E-state index contributed by atoms with van der Waals surface area (Å²) in [6, 6.07) is 1.46. The molecule has 1 aliphatic rings. The Morgan fingerprint density at radius 2 is 2.38 bits per heavy atom.